The molecule has 0 aromatic carbocycles. The highest BCUT2D eigenvalue weighted by molar-refractivity contribution is 5.90. The second-order valence-electron chi connectivity index (χ2n) is 6.71. The van der Waals surface area contributed by atoms with E-state index in [2.05, 4.69) is 10.3 Å². The van der Waals surface area contributed by atoms with Gasteiger partial charge in [0.2, 0.25) is 0 Å². The maximum absolute atomic E-state index is 12.6. The van der Waals surface area contributed by atoms with Gasteiger partial charge >= 0.3 is 6.03 Å². The number of pyridine rings is 1. The van der Waals surface area contributed by atoms with Crippen molar-refractivity contribution in [2.75, 3.05) is 19.5 Å². The van der Waals surface area contributed by atoms with Crippen molar-refractivity contribution >= 4 is 17.4 Å². The molecule has 122 valence electrons. The number of nitrogens with one attached hydrogen (secondary N) is 1. The molecule has 2 amide bonds. The number of fused-ring (bicyclic) bond motifs is 1. The summed E-state index contributed by atoms with van der Waals surface area (Å²) in [6.45, 7) is 0. The van der Waals surface area contributed by atoms with Gasteiger partial charge in [-0.05, 0) is 25.3 Å². The fraction of sp³-hybridized carbons (Fsp3) is 0.529. The van der Waals surface area contributed by atoms with Crippen LogP contribution in [0.4, 0.5) is 10.5 Å². The fourth-order valence-corrected chi connectivity index (χ4v) is 4.18. The SMILES string of the molecule is COC1CC(N(C)C(=O)Nc2ccn3ccnc3c2)C12CCC2. The highest BCUT2D eigenvalue weighted by atomic mass is 16.5. The summed E-state index contributed by atoms with van der Waals surface area (Å²) in [7, 11) is 3.67. The number of anilines is 1. The minimum absolute atomic E-state index is 0.0632. The molecule has 2 unspecified atom stereocenters. The summed E-state index contributed by atoms with van der Waals surface area (Å²) >= 11 is 0. The van der Waals surface area contributed by atoms with E-state index in [-0.39, 0.29) is 17.5 Å². The fourth-order valence-electron chi connectivity index (χ4n) is 4.18. The lowest BCUT2D eigenvalue weighted by atomic mass is 9.50. The number of nitrogens with zero attached hydrogens (tertiary/aromatic N) is 3. The minimum Gasteiger partial charge on any atom is -0.381 e. The van der Waals surface area contributed by atoms with Gasteiger partial charge in [-0.1, -0.05) is 6.42 Å². The molecule has 0 radical (unpaired) electrons. The van der Waals surface area contributed by atoms with Crippen LogP contribution in [0.3, 0.4) is 0 Å². The third-order valence-electron chi connectivity index (χ3n) is 5.75. The molecule has 2 aromatic rings. The Kier molecular flexibility index (Phi) is 3.30. The lowest BCUT2D eigenvalue weighted by molar-refractivity contribution is -0.181. The number of carbonyl (C=O) groups is 1. The van der Waals surface area contributed by atoms with Crippen molar-refractivity contribution < 1.29 is 9.53 Å². The van der Waals surface area contributed by atoms with Gasteiger partial charge in [-0.25, -0.2) is 9.78 Å². The van der Waals surface area contributed by atoms with Crippen LogP contribution in [0.1, 0.15) is 25.7 Å². The Labute approximate surface area is 135 Å². The molecular weight excluding hydrogens is 292 g/mol. The number of rotatable bonds is 3. The van der Waals surface area contributed by atoms with Crippen LogP contribution in [-0.4, -0.2) is 46.6 Å². The number of hydrogen-bond donors (Lipinski definition) is 1. The number of ether oxygens (including phenoxy) is 1. The van der Waals surface area contributed by atoms with Crippen LogP contribution >= 0.6 is 0 Å². The number of amides is 2. The first-order valence-electron chi connectivity index (χ1n) is 8.13. The summed E-state index contributed by atoms with van der Waals surface area (Å²) in [4.78, 5) is 18.7. The Hall–Kier alpha value is -2.08. The normalized spacial score (nSPS) is 25.0. The van der Waals surface area contributed by atoms with Crippen molar-refractivity contribution in [2.24, 2.45) is 5.41 Å². The molecule has 0 aliphatic heterocycles. The smallest absolute Gasteiger partial charge is 0.321 e. The first-order valence-corrected chi connectivity index (χ1v) is 8.13. The predicted octanol–water partition coefficient (Wildman–Crippen LogP) is 2.76. The molecule has 2 fully saturated rings. The van der Waals surface area contributed by atoms with E-state index in [1.807, 2.05) is 40.9 Å². The molecule has 6 heteroatoms. The third-order valence-corrected chi connectivity index (χ3v) is 5.75. The van der Waals surface area contributed by atoms with Crippen LogP contribution in [0.25, 0.3) is 5.65 Å². The molecular formula is C17H22N4O2. The highest BCUT2D eigenvalue weighted by Crippen LogP contribution is 2.58. The van der Waals surface area contributed by atoms with E-state index in [4.69, 9.17) is 4.74 Å². The van der Waals surface area contributed by atoms with Crippen molar-refractivity contribution in [3.63, 3.8) is 0 Å². The van der Waals surface area contributed by atoms with Crippen molar-refractivity contribution in [1.82, 2.24) is 14.3 Å². The van der Waals surface area contributed by atoms with Crippen LogP contribution in [-0.2, 0) is 4.74 Å². The Bertz CT molecular complexity index is 737. The molecule has 23 heavy (non-hydrogen) atoms. The van der Waals surface area contributed by atoms with Gasteiger partial charge in [0.05, 0.1) is 6.10 Å². The number of urea groups is 1. The van der Waals surface area contributed by atoms with E-state index in [1.54, 1.807) is 13.3 Å². The van der Waals surface area contributed by atoms with E-state index in [0.29, 0.717) is 6.10 Å². The van der Waals surface area contributed by atoms with E-state index in [9.17, 15) is 4.79 Å². The number of imidazole rings is 1. The van der Waals surface area contributed by atoms with Crippen LogP contribution in [0.5, 0.6) is 0 Å². The van der Waals surface area contributed by atoms with Gasteiger partial charge in [0.25, 0.3) is 0 Å². The Morgan fingerprint density at radius 1 is 1.48 bits per heavy atom. The van der Waals surface area contributed by atoms with Crippen molar-refractivity contribution in [3.8, 4) is 0 Å². The van der Waals surface area contributed by atoms with Crippen LogP contribution in [0.2, 0.25) is 0 Å². The van der Waals surface area contributed by atoms with Gasteiger partial charge in [0, 0.05) is 56.0 Å². The van der Waals surface area contributed by atoms with Crippen LogP contribution in [0.15, 0.2) is 30.7 Å². The molecule has 1 N–H and O–H groups in total. The van der Waals surface area contributed by atoms with Gasteiger partial charge in [-0.2, -0.15) is 0 Å². The summed E-state index contributed by atoms with van der Waals surface area (Å²) in [6, 6.07) is 3.98. The zero-order chi connectivity index (χ0) is 16.0. The summed E-state index contributed by atoms with van der Waals surface area (Å²) < 4.78 is 7.51. The molecule has 2 aromatic heterocycles. The molecule has 2 aliphatic carbocycles. The second kappa shape index (κ2) is 5.23. The largest absolute Gasteiger partial charge is 0.381 e. The maximum Gasteiger partial charge on any atom is 0.321 e. The molecule has 0 bridgehead atoms. The van der Waals surface area contributed by atoms with Crippen LogP contribution in [0, 0.1) is 5.41 Å². The standard InChI is InChI=1S/C17H22N4O2/c1-20(13-11-14(23-2)17(13)5-3-6-17)16(22)19-12-4-8-21-9-7-18-15(21)10-12/h4,7-10,13-14H,3,5-6,11H2,1-2H3,(H,19,22). The molecule has 1 spiro atoms. The summed E-state index contributed by atoms with van der Waals surface area (Å²) in [6.07, 6.45) is 10.3. The lowest BCUT2D eigenvalue weighted by Crippen LogP contribution is -2.67. The average molecular weight is 314 g/mol. The first kappa shape index (κ1) is 14.5. The number of methoxy groups -OCH3 is 1. The van der Waals surface area contributed by atoms with Gasteiger partial charge in [0.15, 0.2) is 0 Å². The molecule has 2 saturated carbocycles. The van der Waals surface area contributed by atoms with Gasteiger partial charge < -0.3 is 19.4 Å². The third kappa shape index (κ3) is 2.12. The van der Waals surface area contributed by atoms with E-state index < -0.39 is 0 Å². The Morgan fingerprint density at radius 2 is 2.30 bits per heavy atom. The topological polar surface area (TPSA) is 58.9 Å². The maximum atomic E-state index is 12.6. The van der Waals surface area contributed by atoms with Crippen LogP contribution < -0.4 is 5.32 Å². The summed E-state index contributed by atoms with van der Waals surface area (Å²) in [5.41, 5.74) is 1.78. The molecule has 2 atom stereocenters. The number of hydrogen-bond acceptors (Lipinski definition) is 3. The monoisotopic (exact) mass is 314 g/mol. The quantitative estimate of drug-likeness (QED) is 0.947. The minimum atomic E-state index is -0.0632. The predicted molar refractivity (Wildman–Crippen MR) is 87.5 cm³/mol. The van der Waals surface area contributed by atoms with Crippen molar-refractivity contribution in [1.29, 1.82) is 0 Å². The molecule has 4 rings (SSSR count). The summed E-state index contributed by atoms with van der Waals surface area (Å²) in [5.74, 6) is 0. The molecule has 6 nitrogen and oxygen atoms in total. The van der Waals surface area contributed by atoms with E-state index in [0.717, 1.165) is 30.6 Å². The lowest BCUT2D eigenvalue weighted by Gasteiger charge is -2.62. The molecule has 0 saturated heterocycles. The summed E-state index contributed by atoms with van der Waals surface area (Å²) in [5, 5.41) is 2.98. The van der Waals surface area contributed by atoms with E-state index >= 15 is 0 Å². The first-order chi connectivity index (χ1) is 11.1. The second-order valence-corrected chi connectivity index (χ2v) is 6.71. The van der Waals surface area contributed by atoms with Gasteiger partial charge in [-0.3, -0.25) is 0 Å². The molecule has 2 aliphatic rings. The van der Waals surface area contributed by atoms with Crippen molar-refractivity contribution in [3.05, 3.63) is 30.7 Å². The van der Waals surface area contributed by atoms with Gasteiger partial charge in [0.1, 0.15) is 5.65 Å². The zero-order valence-corrected chi connectivity index (χ0v) is 13.5. The zero-order valence-electron chi connectivity index (χ0n) is 13.5. The Morgan fingerprint density at radius 3 is 3.00 bits per heavy atom. The van der Waals surface area contributed by atoms with Crippen molar-refractivity contribution in [2.45, 2.75) is 37.8 Å². The van der Waals surface area contributed by atoms with Gasteiger partial charge in [-0.15, -0.1) is 0 Å². The molecule has 2 heterocycles. The number of carbonyl (C=O) groups excluding carboxylic acids is 1. The number of aromatic nitrogens is 2. The van der Waals surface area contributed by atoms with E-state index in [1.165, 1.54) is 6.42 Å². The average Bonchev–Trinajstić information content (AvgIpc) is 2.92. The Balaban J connectivity index is 1.46. The highest BCUT2D eigenvalue weighted by Gasteiger charge is 2.60.